The van der Waals surface area contributed by atoms with Gasteiger partial charge in [-0.2, -0.15) is 0 Å². The van der Waals surface area contributed by atoms with Gasteiger partial charge in [0, 0.05) is 23.9 Å². The molecule has 7 nitrogen and oxygen atoms in total. The maximum atomic E-state index is 12.6. The number of aromatic nitrogens is 1. The number of benzene rings is 3. The van der Waals surface area contributed by atoms with E-state index in [2.05, 4.69) is 15.0 Å². The van der Waals surface area contributed by atoms with Crippen LogP contribution in [-0.2, 0) is 14.8 Å². The van der Waals surface area contributed by atoms with E-state index in [-0.39, 0.29) is 23.8 Å². The van der Waals surface area contributed by atoms with Crippen LogP contribution in [0.5, 0.6) is 5.75 Å². The van der Waals surface area contributed by atoms with Crippen molar-refractivity contribution < 1.29 is 17.9 Å². The summed E-state index contributed by atoms with van der Waals surface area (Å²) in [5.41, 5.74) is 1.65. The SMILES string of the molecule is COc1ccc(-c2csc(NC(=O)CCNS(=O)(=O)c3ccc4ccccc4c3)n2)cc1. The fraction of sp³-hybridized carbons (Fsp3) is 0.130. The largest absolute Gasteiger partial charge is 0.497 e. The predicted octanol–water partition coefficient (Wildman–Crippen LogP) is 4.28. The number of sulfonamides is 1. The van der Waals surface area contributed by atoms with Crippen molar-refractivity contribution in [2.24, 2.45) is 0 Å². The molecular weight excluding hydrogens is 446 g/mol. The second-order valence-electron chi connectivity index (χ2n) is 6.97. The van der Waals surface area contributed by atoms with Crippen LogP contribution >= 0.6 is 11.3 Å². The topological polar surface area (TPSA) is 97.4 Å². The minimum absolute atomic E-state index is 0.00966. The molecule has 1 aromatic heterocycles. The lowest BCUT2D eigenvalue weighted by atomic mass is 10.1. The summed E-state index contributed by atoms with van der Waals surface area (Å²) >= 11 is 1.31. The van der Waals surface area contributed by atoms with E-state index in [0.29, 0.717) is 5.13 Å². The molecule has 0 saturated heterocycles. The van der Waals surface area contributed by atoms with Crippen LogP contribution in [0.2, 0.25) is 0 Å². The zero-order valence-electron chi connectivity index (χ0n) is 17.2. The van der Waals surface area contributed by atoms with Crippen LogP contribution < -0.4 is 14.8 Å². The molecule has 0 radical (unpaired) electrons. The standard InChI is InChI=1S/C23H21N3O4S2/c1-30-19-9-6-17(7-10-19)21-15-31-23(25-21)26-22(27)12-13-24-32(28,29)20-11-8-16-4-2-3-5-18(16)14-20/h2-11,14-15,24H,12-13H2,1H3,(H,25,26,27). The maximum absolute atomic E-state index is 12.6. The smallest absolute Gasteiger partial charge is 0.240 e. The average molecular weight is 468 g/mol. The summed E-state index contributed by atoms with van der Waals surface area (Å²) < 4.78 is 32.7. The van der Waals surface area contributed by atoms with Gasteiger partial charge in [-0.05, 0) is 47.2 Å². The minimum Gasteiger partial charge on any atom is -0.497 e. The molecule has 1 heterocycles. The van der Waals surface area contributed by atoms with Gasteiger partial charge in [-0.1, -0.05) is 30.3 Å². The van der Waals surface area contributed by atoms with E-state index in [9.17, 15) is 13.2 Å². The summed E-state index contributed by atoms with van der Waals surface area (Å²) in [6, 6.07) is 19.9. The highest BCUT2D eigenvalue weighted by Crippen LogP contribution is 2.26. The molecule has 2 N–H and O–H groups in total. The number of carbonyl (C=O) groups is 1. The number of fused-ring (bicyclic) bond motifs is 1. The van der Waals surface area contributed by atoms with Gasteiger partial charge in [0.15, 0.2) is 5.13 Å². The molecule has 0 atom stereocenters. The zero-order chi connectivity index (χ0) is 22.6. The Morgan fingerprint density at radius 3 is 2.53 bits per heavy atom. The normalized spacial score (nSPS) is 11.4. The third-order valence-corrected chi connectivity index (χ3v) is 7.03. The molecule has 0 unspecified atom stereocenters. The van der Waals surface area contributed by atoms with Gasteiger partial charge >= 0.3 is 0 Å². The maximum Gasteiger partial charge on any atom is 0.240 e. The Morgan fingerprint density at radius 2 is 1.78 bits per heavy atom. The van der Waals surface area contributed by atoms with Crippen molar-refractivity contribution in [2.45, 2.75) is 11.3 Å². The summed E-state index contributed by atoms with van der Waals surface area (Å²) in [6.07, 6.45) is -0.00966. The first-order valence-electron chi connectivity index (χ1n) is 9.83. The Labute approximate surface area is 190 Å². The third kappa shape index (κ3) is 5.13. The number of anilines is 1. The Bertz CT molecular complexity index is 1350. The number of nitrogens with one attached hydrogen (secondary N) is 2. The Kier molecular flexibility index (Phi) is 6.50. The summed E-state index contributed by atoms with van der Waals surface area (Å²) in [5.74, 6) is 0.436. The van der Waals surface area contributed by atoms with Crippen molar-refractivity contribution in [3.8, 4) is 17.0 Å². The first-order chi connectivity index (χ1) is 15.4. The van der Waals surface area contributed by atoms with Crippen LogP contribution in [0.15, 0.2) is 77.0 Å². The number of carbonyl (C=O) groups excluding carboxylic acids is 1. The van der Waals surface area contributed by atoms with Gasteiger partial charge in [0.1, 0.15) is 5.75 Å². The van der Waals surface area contributed by atoms with Gasteiger partial charge in [-0.25, -0.2) is 18.1 Å². The second kappa shape index (κ2) is 9.47. The number of thiazole rings is 1. The molecule has 1 amide bonds. The van der Waals surface area contributed by atoms with Crippen LogP contribution in [0.3, 0.4) is 0 Å². The third-order valence-electron chi connectivity index (χ3n) is 4.81. The van der Waals surface area contributed by atoms with Gasteiger partial charge < -0.3 is 10.1 Å². The lowest BCUT2D eigenvalue weighted by Crippen LogP contribution is -2.27. The summed E-state index contributed by atoms with van der Waals surface area (Å²) in [4.78, 5) is 16.8. The van der Waals surface area contributed by atoms with Crippen molar-refractivity contribution in [2.75, 3.05) is 19.0 Å². The van der Waals surface area contributed by atoms with Crippen LogP contribution in [-0.4, -0.2) is 33.0 Å². The van der Waals surface area contributed by atoms with E-state index in [0.717, 1.165) is 27.8 Å². The summed E-state index contributed by atoms with van der Waals surface area (Å²) in [7, 11) is -2.11. The zero-order valence-corrected chi connectivity index (χ0v) is 18.9. The van der Waals surface area contributed by atoms with Crippen molar-refractivity contribution in [1.29, 1.82) is 0 Å². The number of ether oxygens (including phenoxy) is 1. The van der Waals surface area contributed by atoms with Crippen molar-refractivity contribution in [1.82, 2.24) is 9.71 Å². The highest BCUT2D eigenvalue weighted by molar-refractivity contribution is 7.89. The van der Waals surface area contributed by atoms with Crippen LogP contribution in [0.4, 0.5) is 5.13 Å². The Morgan fingerprint density at radius 1 is 1.03 bits per heavy atom. The van der Waals surface area contributed by atoms with Crippen LogP contribution in [0.1, 0.15) is 6.42 Å². The Hall–Kier alpha value is -3.27. The van der Waals surface area contributed by atoms with Crippen molar-refractivity contribution >= 4 is 43.2 Å². The first-order valence-corrected chi connectivity index (χ1v) is 12.2. The highest BCUT2D eigenvalue weighted by Gasteiger charge is 2.15. The van der Waals surface area contributed by atoms with Crippen LogP contribution in [0, 0.1) is 0 Å². The lowest BCUT2D eigenvalue weighted by Gasteiger charge is -2.08. The molecule has 0 aliphatic heterocycles. The van der Waals surface area contributed by atoms with Gasteiger partial charge in [-0.3, -0.25) is 4.79 Å². The summed E-state index contributed by atoms with van der Waals surface area (Å²) in [5, 5.41) is 6.82. The van der Waals surface area contributed by atoms with E-state index in [4.69, 9.17) is 4.74 Å². The molecule has 0 aliphatic carbocycles. The number of rotatable bonds is 8. The lowest BCUT2D eigenvalue weighted by molar-refractivity contribution is -0.116. The molecule has 3 aromatic carbocycles. The van der Waals surface area contributed by atoms with E-state index in [1.54, 1.807) is 25.3 Å². The molecule has 0 bridgehead atoms. The minimum atomic E-state index is -3.71. The molecule has 0 fully saturated rings. The summed E-state index contributed by atoms with van der Waals surface area (Å²) in [6.45, 7) is -0.0162. The van der Waals surface area contributed by atoms with E-state index < -0.39 is 10.0 Å². The highest BCUT2D eigenvalue weighted by atomic mass is 32.2. The quantitative estimate of drug-likeness (QED) is 0.403. The molecule has 164 valence electrons. The van der Waals surface area contributed by atoms with Crippen molar-refractivity contribution in [3.63, 3.8) is 0 Å². The molecular formula is C23H21N3O4S2. The number of nitrogens with zero attached hydrogens (tertiary/aromatic N) is 1. The fourth-order valence-corrected chi connectivity index (χ4v) is 4.93. The van der Waals surface area contributed by atoms with E-state index >= 15 is 0 Å². The molecule has 9 heteroatoms. The fourth-order valence-electron chi connectivity index (χ4n) is 3.12. The number of amides is 1. The van der Waals surface area contributed by atoms with Gasteiger partial charge in [0.25, 0.3) is 0 Å². The monoisotopic (exact) mass is 467 g/mol. The molecule has 32 heavy (non-hydrogen) atoms. The van der Waals surface area contributed by atoms with Crippen LogP contribution in [0.25, 0.3) is 22.0 Å². The first kappa shape index (κ1) is 21.9. The van der Waals surface area contributed by atoms with E-state index in [1.807, 2.05) is 53.9 Å². The molecule has 4 rings (SSSR count). The molecule has 4 aromatic rings. The van der Waals surface area contributed by atoms with Gasteiger partial charge in [0.05, 0.1) is 17.7 Å². The number of methoxy groups -OCH3 is 1. The second-order valence-corrected chi connectivity index (χ2v) is 9.60. The predicted molar refractivity (Wildman–Crippen MR) is 126 cm³/mol. The van der Waals surface area contributed by atoms with E-state index in [1.165, 1.54) is 11.3 Å². The average Bonchev–Trinajstić information content (AvgIpc) is 3.27. The van der Waals surface area contributed by atoms with Gasteiger partial charge in [-0.15, -0.1) is 11.3 Å². The molecule has 0 saturated carbocycles. The molecule has 0 aliphatic rings. The molecule has 0 spiro atoms. The number of hydrogen-bond donors (Lipinski definition) is 2. The number of hydrogen-bond acceptors (Lipinski definition) is 6. The van der Waals surface area contributed by atoms with Crippen molar-refractivity contribution in [3.05, 3.63) is 72.1 Å². The van der Waals surface area contributed by atoms with Gasteiger partial charge in [0.2, 0.25) is 15.9 Å². The Balaban J connectivity index is 1.32.